The van der Waals surface area contributed by atoms with Crippen molar-refractivity contribution >= 4 is 11.9 Å². The van der Waals surface area contributed by atoms with Gasteiger partial charge in [-0.1, -0.05) is 31.4 Å². The number of unbranched alkanes of at least 4 members (excludes halogenated alkanes) is 5. The van der Waals surface area contributed by atoms with Crippen LogP contribution in [0.2, 0.25) is 0 Å². The summed E-state index contributed by atoms with van der Waals surface area (Å²) in [6, 6.07) is 0. The Kier molecular flexibility index (Phi) is 15.1. The van der Waals surface area contributed by atoms with Gasteiger partial charge in [-0.05, 0) is 33.1 Å². The molecule has 0 aromatic heterocycles. The van der Waals surface area contributed by atoms with Crippen molar-refractivity contribution in [3.8, 4) is 0 Å². The van der Waals surface area contributed by atoms with Gasteiger partial charge in [0.05, 0.1) is 0 Å². The third-order valence-electron chi connectivity index (χ3n) is 2.57. The second-order valence-corrected chi connectivity index (χ2v) is 4.27. The maximum Gasteiger partial charge on any atom is 0.330 e. The first-order valence-corrected chi connectivity index (χ1v) is 6.64. The molecule has 0 bridgehead atoms. The Bertz CT molecular complexity index is 293. The molecule has 2 N–H and O–H groups in total. The topological polar surface area (TPSA) is 74.6 Å². The Morgan fingerprint density at radius 3 is 1.95 bits per heavy atom. The molecule has 0 fully saturated rings. The predicted molar refractivity (Wildman–Crippen MR) is 77.2 cm³/mol. The highest BCUT2D eigenvalue weighted by Crippen LogP contribution is 2.06. The zero-order chi connectivity index (χ0) is 15.1. The lowest BCUT2D eigenvalue weighted by atomic mass is 10.1. The van der Waals surface area contributed by atoms with Crippen LogP contribution in [0.3, 0.4) is 0 Å². The highest BCUT2D eigenvalue weighted by Gasteiger charge is 1.95. The van der Waals surface area contributed by atoms with Gasteiger partial charge in [-0.25, -0.2) is 4.79 Å². The van der Waals surface area contributed by atoms with Gasteiger partial charge in [0.2, 0.25) is 0 Å². The molecule has 4 nitrogen and oxygen atoms in total. The van der Waals surface area contributed by atoms with E-state index in [1.54, 1.807) is 19.9 Å². The average Bonchev–Trinajstić information content (AvgIpc) is 2.37. The number of hydrogen-bond donors (Lipinski definition) is 2. The van der Waals surface area contributed by atoms with E-state index >= 15 is 0 Å². The Morgan fingerprint density at radius 1 is 1.05 bits per heavy atom. The van der Waals surface area contributed by atoms with Crippen LogP contribution in [0.1, 0.15) is 58.8 Å². The van der Waals surface area contributed by atoms with Gasteiger partial charge in [0.15, 0.2) is 0 Å². The summed E-state index contributed by atoms with van der Waals surface area (Å²) < 4.78 is 0. The van der Waals surface area contributed by atoms with Gasteiger partial charge in [0, 0.05) is 12.0 Å². The summed E-state index contributed by atoms with van der Waals surface area (Å²) in [4.78, 5) is 20.0. The predicted octanol–water partition coefficient (Wildman–Crippen LogP) is 4.02. The molecule has 0 aliphatic heterocycles. The molecule has 0 rings (SSSR count). The summed E-state index contributed by atoms with van der Waals surface area (Å²) in [5.74, 6) is -1.52. The maximum absolute atomic E-state index is 10.1. The summed E-state index contributed by atoms with van der Waals surface area (Å²) in [6.45, 7) is 6.90. The number of allylic oxidation sites excluding steroid dienone is 2. The van der Waals surface area contributed by atoms with Gasteiger partial charge < -0.3 is 10.2 Å². The van der Waals surface area contributed by atoms with Crippen LogP contribution in [-0.2, 0) is 9.59 Å². The lowest BCUT2D eigenvalue weighted by Crippen LogP contribution is -1.93. The molecular weight excluding hydrogens is 244 g/mol. The van der Waals surface area contributed by atoms with E-state index in [1.165, 1.54) is 12.8 Å². The molecule has 0 aliphatic rings. The van der Waals surface area contributed by atoms with Crippen LogP contribution in [0.5, 0.6) is 0 Å². The van der Waals surface area contributed by atoms with Crippen molar-refractivity contribution in [3.05, 3.63) is 24.3 Å². The van der Waals surface area contributed by atoms with Gasteiger partial charge >= 0.3 is 11.9 Å². The van der Waals surface area contributed by atoms with E-state index in [0.29, 0.717) is 12.0 Å². The van der Waals surface area contributed by atoms with Crippen molar-refractivity contribution in [2.75, 3.05) is 0 Å². The van der Waals surface area contributed by atoms with E-state index in [-0.39, 0.29) is 0 Å². The molecule has 0 heterocycles. The summed E-state index contributed by atoms with van der Waals surface area (Å²) in [6.07, 6.45) is 10.3. The van der Waals surface area contributed by atoms with E-state index in [0.717, 1.165) is 25.7 Å². The number of hydrogen-bond acceptors (Lipinski definition) is 2. The SMILES string of the molecule is C/C=C(\C)C(=O)O.C=CCCCCCCCC(=O)O. The minimum absolute atomic E-state index is 0.321. The smallest absolute Gasteiger partial charge is 0.330 e. The normalized spacial score (nSPS) is 10.3. The zero-order valence-corrected chi connectivity index (χ0v) is 12.0. The summed E-state index contributed by atoms with van der Waals surface area (Å²) in [7, 11) is 0. The summed E-state index contributed by atoms with van der Waals surface area (Å²) in [5, 5.41) is 16.5. The molecule has 0 aliphatic carbocycles. The van der Waals surface area contributed by atoms with Gasteiger partial charge in [-0.15, -0.1) is 6.58 Å². The van der Waals surface area contributed by atoms with E-state index in [2.05, 4.69) is 6.58 Å². The first-order chi connectivity index (χ1) is 8.95. The third-order valence-corrected chi connectivity index (χ3v) is 2.57. The van der Waals surface area contributed by atoms with Gasteiger partial charge in [-0.3, -0.25) is 4.79 Å². The van der Waals surface area contributed by atoms with Crippen LogP contribution >= 0.6 is 0 Å². The second-order valence-electron chi connectivity index (χ2n) is 4.27. The summed E-state index contributed by atoms with van der Waals surface area (Å²) in [5.41, 5.74) is 0.389. The highest BCUT2D eigenvalue weighted by molar-refractivity contribution is 5.85. The highest BCUT2D eigenvalue weighted by atomic mass is 16.4. The molecule has 0 unspecified atom stereocenters. The molecule has 0 atom stereocenters. The molecule has 19 heavy (non-hydrogen) atoms. The fourth-order valence-corrected chi connectivity index (χ4v) is 1.22. The van der Waals surface area contributed by atoms with Crippen LogP contribution in [0.4, 0.5) is 0 Å². The lowest BCUT2D eigenvalue weighted by Gasteiger charge is -1.97. The van der Waals surface area contributed by atoms with Crippen LogP contribution in [-0.4, -0.2) is 22.2 Å². The van der Waals surface area contributed by atoms with Gasteiger partial charge in [-0.2, -0.15) is 0 Å². The largest absolute Gasteiger partial charge is 0.481 e. The molecule has 0 saturated heterocycles. The number of carboxylic acid groups (broad SMARTS) is 2. The van der Waals surface area contributed by atoms with Crippen LogP contribution < -0.4 is 0 Å². The molecule has 0 saturated carbocycles. The van der Waals surface area contributed by atoms with Crippen molar-refractivity contribution in [2.45, 2.75) is 58.8 Å². The van der Waals surface area contributed by atoms with E-state index in [4.69, 9.17) is 10.2 Å². The quantitative estimate of drug-likeness (QED) is 0.377. The molecule has 110 valence electrons. The van der Waals surface area contributed by atoms with E-state index in [1.807, 2.05) is 6.08 Å². The van der Waals surface area contributed by atoms with E-state index < -0.39 is 11.9 Å². The van der Waals surface area contributed by atoms with Crippen LogP contribution in [0.25, 0.3) is 0 Å². The number of rotatable bonds is 9. The number of aliphatic carboxylic acids is 2. The Labute approximate surface area is 115 Å². The first kappa shape index (κ1) is 19.8. The van der Waals surface area contributed by atoms with E-state index in [9.17, 15) is 9.59 Å². The zero-order valence-electron chi connectivity index (χ0n) is 12.0. The minimum atomic E-state index is -0.845. The molecule has 0 spiro atoms. The first-order valence-electron chi connectivity index (χ1n) is 6.64. The average molecular weight is 270 g/mol. The Morgan fingerprint density at radius 2 is 1.58 bits per heavy atom. The second kappa shape index (κ2) is 14.5. The van der Waals surface area contributed by atoms with Gasteiger partial charge in [0.25, 0.3) is 0 Å². The molecule has 0 aromatic rings. The van der Waals surface area contributed by atoms with Crippen LogP contribution in [0.15, 0.2) is 24.3 Å². The molecular formula is C15H26O4. The Balaban J connectivity index is 0. The van der Waals surface area contributed by atoms with Crippen molar-refractivity contribution in [1.82, 2.24) is 0 Å². The minimum Gasteiger partial charge on any atom is -0.481 e. The fourth-order valence-electron chi connectivity index (χ4n) is 1.22. The van der Waals surface area contributed by atoms with Crippen molar-refractivity contribution < 1.29 is 19.8 Å². The van der Waals surface area contributed by atoms with Crippen molar-refractivity contribution in [3.63, 3.8) is 0 Å². The number of carbonyl (C=O) groups is 2. The fraction of sp³-hybridized carbons (Fsp3) is 0.600. The van der Waals surface area contributed by atoms with Crippen molar-refractivity contribution in [2.24, 2.45) is 0 Å². The van der Waals surface area contributed by atoms with Crippen LogP contribution in [0, 0.1) is 0 Å². The lowest BCUT2D eigenvalue weighted by molar-refractivity contribution is -0.137. The molecule has 0 aromatic carbocycles. The summed E-state index contributed by atoms with van der Waals surface area (Å²) >= 11 is 0. The van der Waals surface area contributed by atoms with Crippen molar-refractivity contribution in [1.29, 1.82) is 0 Å². The monoisotopic (exact) mass is 270 g/mol. The Hall–Kier alpha value is -1.58. The molecule has 4 heteroatoms. The standard InChI is InChI=1S/C10H18O2.C5H8O2/c1-2-3-4-5-6-7-8-9-10(11)12;1-3-4(2)5(6)7/h2H,1,3-9H2,(H,11,12);3H,1-2H3,(H,6,7)/b;4-3+. The third kappa shape index (κ3) is 19.0. The number of carboxylic acids is 2. The van der Waals surface area contributed by atoms with Gasteiger partial charge in [0.1, 0.15) is 0 Å². The molecule has 0 amide bonds. The molecule has 0 radical (unpaired) electrons. The maximum atomic E-state index is 10.1.